The van der Waals surface area contributed by atoms with E-state index in [2.05, 4.69) is 31.1 Å². The zero-order valence-corrected chi connectivity index (χ0v) is 14.9. The molecule has 23 heavy (non-hydrogen) atoms. The highest BCUT2D eigenvalue weighted by atomic mass is 35.5. The van der Waals surface area contributed by atoms with E-state index < -0.39 is 5.60 Å². The molecule has 0 N–H and O–H groups in total. The van der Waals surface area contributed by atoms with Crippen molar-refractivity contribution < 1.29 is 4.74 Å². The lowest BCUT2D eigenvalue weighted by Crippen LogP contribution is -2.39. The molecule has 3 rings (SSSR count). The van der Waals surface area contributed by atoms with Gasteiger partial charge in [-0.1, -0.05) is 47.5 Å². The van der Waals surface area contributed by atoms with Crippen molar-refractivity contribution in [3.8, 4) is 0 Å². The lowest BCUT2D eigenvalue weighted by Gasteiger charge is -2.37. The second-order valence-corrected chi connectivity index (χ2v) is 7.23. The van der Waals surface area contributed by atoms with Crippen LogP contribution in [0.15, 0.2) is 48.5 Å². The summed E-state index contributed by atoms with van der Waals surface area (Å²) >= 11 is 12.5. The number of nitrogens with zero attached hydrogens (tertiary/aromatic N) is 1. The third-order valence-electron chi connectivity index (χ3n) is 4.46. The molecule has 122 valence electrons. The van der Waals surface area contributed by atoms with Crippen molar-refractivity contribution in [3.63, 3.8) is 0 Å². The zero-order valence-electron chi connectivity index (χ0n) is 13.4. The molecule has 2 aromatic rings. The van der Waals surface area contributed by atoms with Gasteiger partial charge in [0.15, 0.2) is 0 Å². The summed E-state index contributed by atoms with van der Waals surface area (Å²) in [6, 6.07) is 16.0. The first-order chi connectivity index (χ1) is 11.0. The van der Waals surface area contributed by atoms with Gasteiger partial charge in [-0.25, -0.2) is 0 Å². The van der Waals surface area contributed by atoms with Crippen LogP contribution in [0.25, 0.3) is 0 Å². The molecule has 1 unspecified atom stereocenters. The fraction of sp³-hybridized carbons (Fsp3) is 0.368. The van der Waals surface area contributed by atoms with Gasteiger partial charge in [0.25, 0.3) is 0 Å². The molecule has 0 aromatic heterocycles. The summed E-state index contributed by atoms with van der Waals surface area (Å²) in [6.07, 6.45) is 1.01. The van der Waals surface area contributed by atoms with E-state index >= 15 is 0 Å². The van der Waals surface area contributed by atoms with Gasteiger partial charge in [-0.15, -0.1) is 0 Å². The molecule has 2 nitrogen and oxygen atoms in total. The molecule has 4 heteroatoms. The van der Waals surface area contributed by atoms with Crippen molar-refractivity contribution in [1.82, 2.24) is 4.90 Å². The molecule has 0 bridgehead atoms. The average Bonchev–Trinajstić information content (AvgIpc) is 2.91. The highest BCUT2D eigenvalue weighted by molar-refractivity contribution is 6.31. The second kappa shape index (κ2) is 6.82. The van der Waals surface area contributed by atoms with Gasteiger partial charge < -0.3 is 9.64 Å². The van der Waals surface area contributed by atoms with E-state index in [0.717, 1.165) is 40.7 Å². The lowest BCUT2D eigenvalue weighted by molar-refractivity contribution is 0.00439. The molecule has 0 spiro atoms. The minimum atomic E-state index is -0.500. The quantitative estimate of drug-likeness (QED) is 0.783. The molecule has 1 atom stereocenters. The van der Waals surface area contributed by atoms with Crippen LogP contribution in [0.5, 0.6) is 0 Å². The minimum Gasteiger partial charge on any atom is -0.365 e. The van der Waals surface area contributed by atoms with E-state index in [-0.39, 0.29) is 0 Å². The predicted molar refractivity (Wildman–Crippen MR) is 96.3 cm³/mol. The molecule has 0 radical (unpaired) electrons. The fourth-order valence-corrected chi connectivity index (χ4v) is 3.97. The summed E-state index contributed by atoms with van der Waals surface area (Å²) in [4.78, 5) is 2.21. The van der Waals surface area contributed by atoms with Gasteiger partial charge >= 0.3 is 0 Å². The Balaban J connectivity index is 2.17. The third-order valence-corrected chi connectivity index (χ3v) is 4.93. The SMILES string of the molecule is CN(C)CC1CCOC1(c1cccc(Cl)c1)c1cccc(Cl)c1. The van der Waals surface area contributed by atoms with Crippen LogP contribution in [0.4, 0.5) is 0 Å². The first kappa shape index (κ1) is 16.8. The summed E-state index contributed by atoms with van der Waals surface area (Å²) in [5.41, 5.74) is 1.69. The van der Waals surface area contributed by atoms with E-state index in [9.17, 15) is 0 Å². The molecule has 0 amide bonds. The maximum absolute atomic E-state index is 6.39. The predicted octanol–water partition coefficient (Wildman–Crippen LogP) is 4.84. The Bertz CT molecular complexity index is 641. The van der Waals surface area contributed by atoms with Crippen LogP contribution in [-0.2, 0) is 10.3 Å². The standard InChI is InChI=1S/C19H21Cl2NO/c1-22(2)13-16-9-10-23-19(16,14-5-3-7-17(20)11-14)15-6-4-8-18(21)12-15/h3-8,11-12,16H,9-10,13H2,1-2H3. The molecule has 0 saturated carbocycles. The van der Waals surface area contributed by atoms with Gasteiger partial charge in [0, 0.05) is 29.1 Å². The summed E-state index contributed by atoms with van der Waals surface area (Å²) in [5.74, 6) is 0.342. The number of hydrogen-bond donors (Lipinski definition) is 0. The summed E-state index contributed by atoms with van der Waals surface area (Å²) in [5, 5.41) is 1.45. The first-order valence-electron chi connectivity index (χ1n) is 7.83. The van der Waals surface area contributed by atoms with Gasteiger partial charge in [0.1, 0.15) is 5.60 Å². The molecule has 1 aliphatic rings. The van der Waals surface area contributed by atoms with E-state index in [4.69, 9.17) is 27.9 Å². The van der Waals surface area contributed by atoms with Crippen molar-refractivity contribution in [1.29, 1.82) is 0 Å². The Hall–Kier alpha value is -1.06. The number of ether oxygens (including phenoxy) is 1. The Labute approximate surface area is 148 Å². The first-order valence-corrected chi connectivity index (χ1v) is 8.59. The Morgan fingerprint density at radius 2 is 1.61 bits per heavy atom. The van der Waals surface area contributed by atoms with Crippen LogP contribution in [0.2, 0.25) is 10.0 Å². The topological polar surface area (TPSA) is 12.5 Å². The van der Waals surface area contributed by atoms with Crippen LogP contribution in [0, 0.1) is 5.92 Å². The monoisotopic (exact) mass is 349 g/mol. The number of hydrogen-bond acceptors (Lipinski definition) is 2. The lowest BCUT2D eigenvalue weighted by atomic mass is 9.76. The number of benzene rings is 2. The highest BCUT2D eigenvalue weighted by Gasteiger charge is 2.47. The smallest absolute Gasteiger partial charge is 0.122 e. The maximum Gasteiger partial charge on any atom is 0.122 e. The Kier molecular flexibility index (Phi) is 4.98. The molecule has 1 heterocycles. The highest BCUT2D eigenvalue weighted by Crippen LogP contribution is 2.47. The largest absolute Gasteiger partial charge is 0.365 e. The molecule has 1 aliphatic heterocycles. The van der Waals surface area contributed by atoms with E-state index in [1.807, 2.05) is 36.4 Å². The van der Waals surface area contributed by atoms with E-state index in [1.165, 1.54) is 0 Å². The summed E-state index contributed by atoms with van der Waals surface area (Å²) < 4.78 is 6.39. The van der Waals surface area contributed by atoms with Crippen molar-refractivity contribution in [3.05, 3.63) is 69.7 Å². The van der Waals surface area contributed by atoms with E-state index in [1.54, 1.807) is 0 Å². The molecule has 1 saturated heterocycles. The minimum absolute atomic E-state index is 0.342. The van der Waals surface area contributed by atoms with E-state index in [0.29, 0.717) is 5.92 Å². The zero-order chi connectivity index (χ0) is 16.4. The van der Waals surface area contributed by atoms with Crippen molar-refractivity contribution in [2.24, 2.45) is 5.92 Å². The second-order valence-electron chi connectivity index (χ2n) is 6.35. The van der Waals surface area contributed by atoms with Gasteiger partial charge in [-0.2, -0.15) is 0 Å². The Morgan fingerprint density at radius 3 is 2.09 bits per heavy atom. The van der Waals surface area contributed by atoms with Crippen LogP contribution < -0.4 is 0 Å². The van der Waals surface area contributed by atoms with Gasteiger partial charge in [0.05, 0.1) is 0 Å². The normalized spacial score (nSPS) is 20.1. The summed E-state index contributed by atoms with van der Waals surface area (Å²) in [7, 11) is 4.19. The number of rotatable bonds is 4. The van der Waals surface area contributed by atoms with Gasteiger partial charge in [-0.05, 0) is 55.9 Å². The number of halogens is 2. The van der Waals surface area contributed by atoms with Crippen molar-refractivity contribution >= 4 is 23.2 Å². The van der Waals surface area contributed by atoms with Crippen LogP contribution in [0.3, 0.4) is 0 Å². The summed E-state index contributed by atoms with van der Waals surface area (Å²) in [6.45, 7) is 1.68. The third kappa shape index (κ3) is 3.27. The fourth-order valence-electron chi connectivity index (χ4n) is 3.59. The molecule has 2 aromatic carbocycles. The van der Waals surface area contributed by atoms with Gasteiger partial charge in [-0.3, -0.25) is 0 Å². The van der Waals surface area contributed by atoms with Crippen molar-refractivity contribution in [2.45, 2.75) is 12.0 Å². The molecular weight excluding hydrogens is 329 g/mol. The van der Waals surface area contributed by atoms with Crippen molar-refractivity contribution in [2.75, 3.05) is 27.2 Å². The molecule has 1 fully saturated rings. The van der Waals surface area contributed by atoms with Crippen LogP contribution in [0.1, 0.15) is 17.5 Å². The maximum atomic E-state index is 6.39. The molecule has 0 aliphatic carbocycles. The van der Waals surface area contributed by atoms with Crippen LogP contribution >= 0.6 is 23.2 Å². The van der Waals surface area contributed by atoms with Gasteiger partial charge in [0.2, 0.25) is 0 Å². The average molecular weight is 350 g/mol. The Morgan fingerprint density at radius 1 is 1.04 bits per heavy atom. The molecular formula is C19H21Cl2NO. The van der Waals surface area contributed by atoms with Crippen LogP contribution in [-0.4, -0.2) is 32.1 Å².